The maximum absolute atomic E-state index is 13.2. The van der Waals surface area contributed by atoms with Crippen LogP contribution in [0.25, 0.3) is 6.08 Å². The van der Waals surface area contributed by atoms with Crippen LogP contribution in [0.15, 0.2) is 54.3 Å². The fourth-order valence-electron chi connectivity index (χ4n) is 4.43. The van der Waals surface area contributed by atoms with E-state index in [-0.39, 0.29) is 11.5 Å². The predicted molar refractivity (Wildman–Crippen MR) is 138 cm³/mol. The first-order valence-corrected chi connectivity index (χ1v) is 12.2. The number of hydrogen-bond acceptors (Lipinski definition) is 6. The molecular weight excluding hydrogens is 501 g/mol. The van der Waals surface area contributed by atoms with E-state index in [1.165, 1.54) is 7.11 Å². The molecule has 6 nitrogen and oxygen atoms in total. The Bertz CT molecular complexity index is 1400. The molecular formula is C28H23Cl2NO5. The summed E-state index contributed by atoms with van der Waals surface area (Å²) in [5, 5.41) is 1.26. The quantitative estimate of drug-likeness (QED) is 0.297. The Hall–Kier alpha value is -3.32. The van der Waals surface area contributed by atoms with Crippen LogP contribution >= 0.6 is 23.2 Å². The maximum atomic E-state index is 13.2. The predicted octanol–water partition coefficient (Wildman–Crippen LogP) is 6.10. The van der Waals surface area contributed by atoms with Gasteiger partial charge in [0.25, 0.3) is 0 Å². The van der Waals surface area contributed by atoms with Crippen molar-refractivity contribution in [2.45, 2.75) is 19.9 Å². The van der Waals surface area contributed by atoms with Crippen molar-refractivity contribution < 1.29 is 23.8 Å². The van der Waals surface area contributed by atoms with E-state index in [1.54, 1.807) is 36.4 Å². The molecule has 2 heterocycles. The van der Waals surface area contributed by atoms with Gasteiger partial charge in [-0.2, -0.15) is 0 Å². The van der Waals surface area contributed by atoms with Crippen molar-refractivity contribution in [3.63, 3.8) is 0 Å². The van der Waals surface area contributed by atoms with E-state index in [1.807, 2.05) is 25.1 Å². The second-order valence-electron chi connectivity index (χ2n) is 8.73. The molecule has 184 valence electrons. The average Bonchev–Trinajstić information content (AvgIpc) is 3.18. The molecule has 0 N–H and O–H groups in total. The molecule has 36 heavy (non-hydrogen) atoms. The van der Waals surface area contributed by atoms with Gasteiger partial charge in [0.2, 0.25) is 5.78 Å². The molecule has 3 aromatic rings. The van der Waals surface area contributed by atoms with Crippen molar-refractivity contribution in [2.24, 2.45) is 0 Å². The van der Waals surface area contributed by atoms with Gasteiger partial charge in [0.05, 0.1) is 18.2 Å². The molecule has 0 fully saturated rings. The van der Waals surface area contributed by atoms with Gasteiger partial charge < -0.3 is 14.2 Å². The second-order valence-corrected chi connectivity index (χ2v) is 9.58. The number of fused-ring (bicyclic) bond motifs is 2. The van der Waals surface area contributed by atoms with E-state index < -0.39 is 5.97 Å². The summed E-state index contributed by atoms with van der Waals surface area (Å²) in [5.41, 5.74) is 4.47. The molecule has 0 spiro atoms. The SMILES string of the molecule is COC(=O)c1ccc(/C=C2\Oc3c(cc4c(c3C)OCN(CCc3ccc(Cl)cc3Cl)C4)C2=O)cc1. The summed E-state index contributed by atoms with van der Waals surface area (Å²) in [6.45, 7) is 3.73. The number of methoxy groups -OCH3 is 1. The monoisotopic (exact) mass is 523 g/mol. The molecule has 0 unspecified atom stereocenters. The number of ether oxygens (including phenoxy) is 3. The highest BCUT2D eigenvalue weighted by molar-refractivity contribution is 6.35. The smallest absolute Gasteiger partial charge is 0.337 e. The number of allylic oxidation sites excluding steroid dienone is 1. The Morgan fingerprint density at radius 2 is 1.89 bits per heavy atom. The van der Waals surface area contributed by atoms with Crippen LogP contribution in [-0.4, -0.2) is 37.0 Å². The van der Waals surface area contributed by atoms with Crippen LogP contribution in [0.3, 0.4) is 0 Å². The largest absolute Gasteiger partial charge is 0.477 e. The van der Waals surface area contributed by atoms with Crippen molar-refractivity contribution in [1.29, 1.82) is 0 Å². The van der Waals surface area contributed by atoms with E-state index in [0.29, 0.717) is 40.2 Å². The average molecular weight is 524 g/mol. The van der Waals surface area contributed by atoms with Gasteiger partial charge in [0.1, 0.15) is 18.2 Å². The van der Waals surface area contributed by atoms with Gasteiger partial charge in [-0.1, -0.05) is 41.4 Å². The lowest BCUT2D eigenvalue weighted by atomic mass is 9.99. The van der Waals surface area contributed by atoms with Crippen molar-refractivity contribution in [2.75, 3.05) is 20.4 Å². The van der Waals surface area contributed by atoms with Crippen LogP contribution in [0.4, 0.5) is 0 Å². The lowest BCUT2D eigenvalue weighted by Gasteiger charge is -2.30. The number of rotatable bonds is 5. The highest BCUT2D eigenvalue weighted by Crippen LogP contribution is 2.43. The number of esters is 1. The number of carbonyl (C=O) groups excluding carboxylic acids is 2. The minimum absolute atomic E-state index is 0.182. The van der Waals surface area contributed by atoms with Crippen LogP contribution in [-0.2, 0) is 17.7 Å². The summed E-state index contributed by atoms with van der Waals surface area (Å²) >= 11 is 12.3. The lowest BCUT2D eigenvalue weighted by molar-refractivity contribution is 0.0600. The molecule has 0 radical (unpaired) electrons. The molecule has 0 aliphatic carbocycles. The van der Waals surface area contributed by atoms with Crippen LogP contribution in [0, 0.1) is 6.92 Å². The van der Waals surface area contributed by atoms with Crippen LogP contribution < -0.4 is 9.47 Å². The summed E-state index contributed by atoms with van der Waals surface area (Å²) in [7, 11) is 1.33. The van der Waals surface area contributed by atoms with E-state index in [2.05, 4.69) is 4.90 Å². The van der Waals surface area contributed by atoms with Crippen molar-refractivity contribution >= 4 is 41.0 Å². The Labute approximate surface area is 219 Å². The third kappa shape index (κ3) is 4.72. The molecule has 5 rings (SSSR count). The van der Waals surface area contributed by atoms with Crippen molar-refractivity contribution in [1.82, 2.24) is 4.90 Å². The van der Waals surface area contributed by atoms with Gasteiger partial charge in [-0.25, -0.2) is 4.79 Å². The molecule has 0 atom stereocenters. The molecule has 0 saturated heterocycles. The molecule has 3 aromatic carbocycles. The zero-order valence-electron chi connectivity index (χ0n) is 19.8. The summed E-state index contributed by atoms with van der Waals surface area (Å²) in [6, 6.07) is 14.2. The van der Waals surface area contributed by atoms with Gasteiger partial charge in [-0.3, -0.25) is 9.69 Å². The highest BCUT2D eigenvalue weighted by Gasteiger charge is 2.33. The Balaban J connectivity index is 1.33. The van der Waals surface area contributed by atoms with Gasteiger partial charge in [-0.05, 0) is 60.9 Å². The van der Waals surface area contributed by atoms with Gasteiger partial charge in [0.15, 0.2) is 5.76 Å². The molecule has 0 bridgehead atoms. The zero-order chi connectivity index (χ0) is 25.4. The number of carbonyl (C=O) groups is 2. The molecule has 0 saturated carbocycles. The Morgan fingerprint density at radius 1 is 1.11 bits per heavy atom. The van der Waals surface area contributed by atoms with E-state index in [9.17, 15) is 9.59 Å². The highest BCUT2D eigenvalue weighted by atomic mass is 35.5. The van der Waals surface area contributed by atoms with Crippen molar-refractivity contribution in [3.05, 3.63) is 97.7 Å². The first-order valence-electron chi connectivity index (χ1n) is 11.4. The molecule has 0 amide bonds. The minimum atomic E-state index is -0.415. The number of benzene rings is 3. The molecule has 2 aliphatic heterocycles. The normalized spacial score (nSPS) is 15.8. The fourth-order valence-corrected chi connectivity index (χ4v) is 4.93. The summed E-state index contributed by atoms with van der Waals surface area (Å²) < 4.78 is 16.8. The number of Topliss-reactive ketones (excluding diaryl/α,β-unsaturated/α-hetero) is 1. The first-order chi connectivity index (χ1) is 17.3. The van der Waals surface area contributed by atoms with Crippen LogP contribution in [0.2, 0.25) is 10.0 Å². The molecule has 8 heteroatoms. The number of nitrogens with zero attached hydrogens (tertiary/aromatic N) is 1. The van der Waals surface area contributed by atoms with Crippen molar-refractivity contribution in [3.8, 4) is 11.5 Å². The van der Waals surface area contributed by atoms with E-state index >= 15 is 0 Å². The molecule has 0 aromatic heterocycles. The second kappa shape index (κ2) is 9.97. The van der Waals surface area contributed by atoms with Gasteiger partial charge >= 0.3 is 5.97 Å². The number of halogens is 2. The first kappa shape index (κ1) is 24.4. The molecule has 2 aliphatic rings. The third-order valence-corrected chi connectivity index (χ3v) is 6.93. The van der Waals surface area contributed by atoms with Gasteiger partial charge in [0, 0.05) is 34.3 Å². The maximum Gasteiger partial charge on any atom is 0.337 e. The van der Waals surface area contributed by atoms with Crippen LogP contribution in [0.1, 0.15) is 43.0 Å². The van der Waals surface area contributed by atoms with E-state index in [0.717, 1.165) is 41.0 Å². The van der Waals surface area contributed by atoms with Crippen LogP contribution in [0.5, 0.6) is 11.5 Å². The number of hydrogen-bond donors (Lipinski definition) is 0. The summed E-state index contributed by atoms with van der Waals surface area (Å²) in [6.07, 6.45) is 2.42. The summed E-state index contributed by atoms with van der Waals surface area (Å²) in [5.74, 6) is 0.915. The minimum Gasteiger partial charge on any atom is -0.477 e. The number of ketones is 1. The third-order valence-electron chi connectivity index (χ3n) is 6.34. The standard InChI is InChI=1S/C28H23Cl2NO5/c1-16-26-20(14-31(15-35-26)10-9-18-7-8-21(29)13-23(18)30)12-22-25(32)24(36-27(16)22)11-17-3-5-19(6-4-17)28(33)34-2/h3-8,11-13H,9-10,14-15H2,1-2H3/b24-11-. The van der Waals surface area contributed by atoms with Gasteiger partial charge in [-0.15, -0.1) is 0 Å². The Kier molecular flexibility index (Phi) is 6.75. The summed E-state index contributed by atoms with van der Waals surface area (Å²) in [4.78, 5) is 27.0. The fraction of sp³-hybridized carbons (Fsp3) is 0.214. The topological polar surface area (TPSA) is 65.1 Å². The van der Waals surface area contributed by atoms with E-state index in [4.69, 9.17) is 37.4 Å². The lowest BCUT2D eigenvalue weighted by Crippen LogP contribution is -2.34. The zero-order valence-corrected chi connectivity index (χ0v) is 21.3. The Morgan fingerprint density at radius 3 is 2.61 bits per heavy atom.